The van der Waals surface area contributed by atoms with Crippen LogP contribution in [0.3, 0.4) is 0 Å². The second-order valence-corrected chi connectivity index (χ2v) is 24.5. The van der Waals surface area contributed by atoms with Crippen LogP contribution in [0.2, 0.25) is 0 Å². The highest BCUT2D eigenvalue weighted by Gasteiger charge is 2.63. The molecular weight excluding hydrogens is 793 g/mol. The van der Waals surface area contributed by atoms with Gasteiger partial charge >= 0.3 is 0 Å². The van der Waals surface area contributed by atoms with Crippen LogP contribution in [0, 0.1) is 27.6 Å². The normalized spacial score (nSPS) is 15.5. The highest BCUT2D eigenvalue weighted by molar-refractivity contribution is 5.12. The molecule has 0 saturated carbocycles. The third-order valence-electron chi connectivity index (χ3n) is 18.2. The van der Waals surface area contributed by atoms with Gasteiger partial charge in [-0.05, 0) is 72.5 Å². The fraction of sp³-hybridized carbons (Fsp3) is 1.00. The van der Waals surface area contributed by atoms with Gasteiger partial charge in [-0.2, -0.15) is 0 Å². The molecule has 0 radical (unpaired) electrons. The van der Waals surface area contributed by atoms with Crippen molar-refractivity contribution in [2.45, 2.75) is 397 Å². The van der Waals surface area contributed by atoms with Crippen molar-refractivity contribution >= 4 is 0 Å². The molecule has 0 bridgehead atoms. The van der Waals surface area contributed by atoms with E-state index in [1.165, 1.54) is 315 Å². The molecule has 66 heavy (non-hydrogen) atoms. The average molecular weight is 928 g/mol. The van der Waals surface area contributed by atoms with Gasteiger partial charge in [0.1, 0.15) is 0 Å². The molecule has 0 rings (SSSR count). The van der Waals surface area contributed by atoms with E-state index in [-0.39, 0.29) is 0 Å². The quantitative estimate of drug-likeness (QED) is 0.0533. The lowest BCUT2D eigenvalue weighted by Gasteiger charge is -2.68. The zero-order chi connectivity index (χ0) is 48.9. The molecule has 0 spiro atoms. The van der Waals surface area contributed by atoms with Crippen molar-refractivity contribution in [3.05, 3.63) is 0 Å². The Kier molecular flexibility index (Phi) is 44.9. The molecule has 0 aliphatic rings. The smallest absolute Gasteiger partial charge is 0.0179 e. The molecule has 398 valence electrons. The highest BCUT2D eigenvalue weighted by Crippen LogP contribution is 2.72. The van der Waals surface area contributed by atoms with Crippen LogP contribution in [0.5, 0.6) is 0 Å². The summed E-state index contributed by atoms with van der Waals surface area (Å²) in [6.45, 7) is 28.1. The van der Waals surface area contributed by atoms with Crippen LogP contribution in [-0.4, -0.2) is 0 Å². The minimum Gasteiger partial charge on any atom is -0.0654 e. The summed E-state index contributed by atoms with van der Waals surface area (Å²) in [5.74, 6) is 0.888. The summed E-state index contributed by atoms with van der Waals surface area (Å²) in [5.41, 5.74) is 1.53. The van der Waals surface area contributed by atoms with Gasteiger partial charge in [0.2, 0.25) is 0 Å². The molecule has 0 aliphatic heterocycles. The first-order valence-electron chi connectivity index (χ1n) is 32.1. The van der Waals surface area contributed by atoms with Crippen LogP contribution in [0.25, 0.3) is 0 Å². The lowest BCUT2D eigenvalue weighted by molar-refractivity contribution is -0.187. The summed E-state index contributed by atoms with van der Waals surface area (Å²) in [7, 11) is 0. The number of hydrogen-bond donors (Lipinski definition) is 0. The lowest BCUT2D eigenvalue weighted by Crippen LogP contribution is -2.59. The Morgan fingerprint density at radius 3 is 0.758 bits per heavy atom. The van der Waals surface area contributed by atoms with Crippen molar-refractivity contribution in [3.63, 3.8) is 0 Å². The zero-order valence-electron chi connectivity index (χ0n) is 48.9. The third-order valence-corrected chi connectivity index (χ3v) is 18.2. The molecule has 0 nitrogen and oxygen atoms in total. The Morgan fingerprint density at radius 1 is 0.242 bits per heavy atom. The molecule has 4 atom stereocenters. The summed E-state index contributed by atoms with van der Waals surface area (Å²) in [5, 5.41) is 0. The van der Waals surface area contributed by atoms with E-state index in [4.69, 9.17) is 0 Å². The van der Waals surface area contributed by atoms with E-state index in [2.05, 4.69) is 76.2 Å². The largest absolute Gasteiger partial charge is 0.0654 e. The second kappa shape index (κ2) is 44.9. The minimum absolute atomic E-state index is 0.294. The van der Waals surface area contributed by atoms with Gasteiger partial charge in [-0.1, -0.05) is 352 Å². The van der Waals surface area contributed by atoms with E-state index in [1.54, 1.807) is 6.42 Å². The molecule has 0 aliphatic carbocycles. The predicted molar refractivity (Wildman–Crippen MR) is 306 cm³/mol. The van der Waals surface area contributed by atoms with Crippen molar-refractivity contribution in [1.29, 1.82) is 0 Å². The molecule has 0 saturated heterocycles. The van der Waals surface area contributed by atoms with E-state index >= 15 is 0 Å². The summed E-state index contributed by atoms with van der Waals surface area (Å²) >= 11 is 0. The minimum atomic E-state index is 0.294. The first kappa shape index (κ1) is 66.0. The third kappa shape index (κ3) is 28.1. The van der Waals surface area contributed by atoms with Crippen molar-refractivity contribution in [2.24, 2.45) is 27.6 Å². The standard InChI is InChI=1S/C66H134/c1-12-20-27-32-35-37-39-41-43-47-52-58-65(63(9,10)11,57-48-25-17-6)66(59-51-31-24-16-5,60-53-44-30-23-15-4)64(55-49-45-34-29-22-14-3,61-62(19-8)54-26-18-7)56-50-46-42-40-38-36-33-28-21-13-2/h62H,12-61H2,1-11H3. The highest BCUT2D eigenvalue weighted by atomic mass is 14.7. The zero-order valence-corrected chi connectivity index (χ0v) is 48.9. The fourth-order valence-corrected chi connectivity index (χ4v) is 14.1. The van der Waals surface area contributed by atoms with Crippen molar-refractivity contribution in [1.82, 2.24) is 0 Å². The summed E-state index contributed by atoms with van der Waals surface area (Å²) in [6.07, 6.45) is 72.9. The van der Waals surface area contributed by atoms with Crippen molar-refractivity contribution in [3.8, 4) is 0 Å². The van der Waals surface area contributed by atoms with Gasteiger partial charge in [0.15, 0.2) is 0 Å². The molecule has 0 aromatic rings. The van der Waals surface area contributed by atoms with Gasteiger partial charge in [-0.25, -0.2) is 0 Å². The Hall–Kier alpha value is 0. The van der Waals surface area contributed by atoms with Gasteiger partial charge < -0.3 is 0 Å². The summed E-state index contributed by atoms with van der Waals surface area (Å²) in [6, 6.07) is 0. The van der Waals surface area contributed by atoms with Crippen molar-refractivity contribution in [2.75, 3.05) is 0 Å². The van der Waals surface area contributed by atoms with Crippen LogP contribution in [-0.2, 0) is 0 Å². The van der Waals surface area contributed by atoms with E-state index in [9.17, 15) is 0 Å². The monoisotopic (exact) mass is 927 g/mol. The average Bonchev–Trinajstić information content (AvgIpc) is 3.30. The first-order chi connectivity index (χ1) is 32.1. The van der Waals surface area contributed by atoms with Crippen LogP contribution in [0.4, 0.5) is 0 Å². The van der Waals surface area contributed by atoms with Crippen molar-refractivity contribution < 1.29 is 0 Å². The molecule has 0 N–H and O–H groups in total. The molecule has 0 heteroatoms. The maximum absolute atomic E-state index is 2.82. The maximum Gasteiger partial charge on any atom is -0.0179 e. The molecule has 0 aromatic heterocycles. The maximum atomic E-state index is 2.82. The SMILES string of the molecule is CCCCCCCCCCCCCC(CCCCC)(C(C)(C)C)C(CCCCCC)(CCCCCCC)C(CCCCCCCC)(CCCCCCCCCCCC)CC(CC)CCCC. The number of hydrogen-bond acceptors (Lipinski definition) is 0. The predicted octanol–water partition coefficient (Wildman–Crippen LogP) is 25.3. The van der Waals surface area contributed by atoms with Gasteiger partial charge in [-0.15, -0.1) is 0 Å². The Bertz CT molecular complexity index is 956. The molecule has 0 heterocycles. The van der Waals surface area contributed by atoms with E-state index in [0.29, 0.717) is 21.7 Å². The summed E-state index contributed by atoms with van der Waals surface area (Å²) in [4.78, 5) is 0. The molecule has 0 amide bonds. The number of unbranched alkanes of at least 4 members (excludes halogenated alkanes) is 34. The number of rotatable bonds is 53. The fourth-order valence-electron chi connectivity index (χ4n) is 14.1. The summed E-state index contributed by atoms with van der Waals surface area (Å²) < 4.78 is 0. The topological polar surface area (TPSA) is 0 Å². The van der Waals surface area contributed by atoms with E-state index < -0.39 is 0 Å². The van der Waals surface area contributed by atoms with Gasteiger partial charge in [0.25, 0.3) is 0 Å². The van der Waals surface area contributed by atoms with Gasteiger partial charge in [-0.3, -0.25) is 0 Å². The molecule has 4 unspecified atom stereocenters. The molecular formula is C66H134. The van der Waals surface area contributed by atoms with Crippen LogP contribution in [0.15, 0.2) is 0 Å². The van der Waals surface area contributed by atoms with Crippen LogP contribution >= 0.6 is 0 Å². The van der Waals surface area contributed by atoms with Crippen LogP contribution < -0.4 is 0 Å². The molecule has 0 aromatic carbocycles. The Balaban J connectivity index is 7.80. The van der Waals surface area contributed by atoms with Gasteiger partial charge in [0, 0.05) is 0 Å². The Morgan fingerprint density at radius 2 is 0.470 bits per heavy atom. The molecule has 0 fully saturated rings. The van der Waals surface area contributed by atoms with Crippen LogP contribution in [0.1, 0.15) is 397 Å². The Labute approximate surface area is 422 Å². The first-order valence-corrected chi connectivity index (χ1v) is 32.1. The van der Waals surface area contributed by atoms with E-state index in [1.807, 2.05) is 0 Å². The second-order valence-electron chi connectivity index (χ2n) is 24.5. The van der Waals surface area contributed by atoms with E-state index in [0.717, 1.165) is 5.92 Å². The lowest BCUT2D eigenvalue weighted by atomic mass is 9.37. The van der Waals surface area contributed by atoms with Gasteiger partial charge in [0.05, 0.1) is 0 Å².